The number of aromatic nitrogens is 3. The number of morpholine rings is 1. The van der Waals surface area contributed by atoms with E-state index >= 15 is 0 Å². The average molecular weight is 285 g/mol. The van der Waals surface area contributed by atoms with E-state index in [4.69, 9.17) is 10.5 Å². The number of rotatable bonds is 3. The SMILES string of the molecule is CCc1ncnc(N2CCOCC2)c1-c1ccc(N)nc1. The van der Waals surface area contributed by atoms with E-state index in [-0.39, 0.29) is 0 Å². The highest BCUT2D eigenvalue weighted by Crippen LogP contribution is 2.31. The van der Waals surface area contributed by atoms with Crippen molar-refractivity contribution in [1.82, 2.24) is 15.0 Å². The molecule has 0 saturated carbocycles. The van der Waals surface area contributed by atoms with E-state index in [9.17, 15) is 0 Å². The number of nitrogen functional groups attached to an aromatic ring is 1. The Morgan fingerprint density at radius 3 is 2.67 bits per heavy atom. The molecule has 0 amide bonds. The predicted molar refractivity (Wildman–Crippen MR) is 82.1 cm³/mol. The maximum Gasteiger partial charge on any atom is 0.140 e. The highest BCUT2D eigenvalue weighted by atomic mass is 16.5. The highest BCUT2D eigenvalue weighted by Gasteiger charge is 2.20. The Balaban J connectivity index is 2.09. The minimum absolute atomic E-state index is 0.515. The first kappa shape index (κ1) is 13.8. The van der Waals surface area contributed by atoms with Gasteiger partial charge in [-0.3, -0.25) is 0 Å². The number of aryl methyl sites for hydroxylation is 1. The summed E-state index contributed by atoms with van der Waals surface area (Å²) in [5.41, 5.74) is 8.77. The van der Waals surface area contributed by atoms with E-state index in [0.717, 1.165) is 55.4 Å². The molecule has 110 valence electrons. The summed E-state index contributed by atoms with van der Waals surface area (Å²) in [5, 5.41) is 0. The first-order chi connectivity index (χ1) is 10.3. The van der Waals surface area contributed by atoms with Crippen molar-refractivity contribution in [3.05, 3.63) is 30.4 Å². The quantitative estimate of drug-likeness (QED) is 0.921. The topological polar surface area (TPSA) is 77.2 Å². The molecule has 0 aliphatic carbocycles. The number of nitrogens with two attached hydrogens (primary N) is 1. The number of ether oxygens (including phenoxy) is 1. The van der Waals surface area contributed by atoms with Gasteiger partial charge in [0.1, 0.15) is 18.0 Å². The van der Waals surface area contributed by atoms with Gasteiger partial charge in [-0.1, -0.05) is 6.92 Å². The second-order valence-corrected chi connectivity index (χ2v) is 4.94. The van der Waals surface area contributed by atoms with Gasteiger partial charge in [-0.15, -0.1) is 0 Å². The maximum atomic E-state index is 5.69. The van der Waals surface area contributed by atoms with Crippen LogP contribution in [0.5, 0.6) is 0 Å². The molecule has 1 aliphatic heterocycles. The second kappa shape index (κ2) is 6.05. The molecule has 0 atom stereocenters. The van der Waals surface area contributed by atoms with Crippen LogP contribution in [0.25, 0.3) is 11.1 Å². The number of pyridine rings is 1. The third kappa shape index (κ3) is 2.80. The lowest BCUT2D eigenvalue weighted by Crippen LogP contribution is -2.37. The van der Waals surface area contributed by atoms with Crippen LogP contribution < -0.4 is 10.6 Å². The van der Waals surface area contributed by atoms with Crippen molar-refractivity contribution in [3.8, 4) is 11.1 Å². The largest absolute Gasteiger partial charge is 0.384 e. The average Bonchev–Trinajstić information content (AvgIpc) is 2.56. The van der Waals surface area contributed by atoms with Gasteiger partial charge in [-0.2, -0.15) is 0 Å². The normalized spacial score (nSPS) is 15.2. The van der Waals surface area contributed by atoms with E-state index in [0.29, 0.717) is 5.82 Å². The van der Waals surface area contributed by atoms with Crippen molar-refractivity contribution in [2.75, 3.05) is 36.9 Å². The summed E-state index contributed by atoms with van der Waals surface area (Å²) < 4.78 is 5.43. The summed E-state index contributed by atoms with van der Waals surface area (Å²) in [4.78, 5) is 15.4. The summed E-state index contributed by atoms with van der Waals surface area (Å²) >= 11 is 0. The molecule has 6 heteroatoms. The summed E-state index contributed by atoms with van der Waals surface area (Å²) in [5.74, 6) is 1.47. The summed E-state index contributed by atoms with van der Waals surface area (Å²) in [6.07, 6.45) is 4.27. The molecule has 21 heavy (non-hydrogen) atoms. The predicted octanol–water partition coefficient (Wildman–Crippen LogP) is 1.52. The molecule has 2 aromatic heterocycles. The van der Waals surface area contributed by atoms with Gasteiger partial charge in [0.15, 0.2) is 0 Å². The van der Waals surface area contributed by atoms with Crippen molar-refractivity contribution in [2.45, 2.75) is 13.3 Å². The fraction of sp³-hybridized carbons (Fsp3) is 0.400. The van der Waals surface area contributed by atoms with E-state index in [1.807, 2.05) is 12.1 Å². The van der Waals surface area contributed by atoms with Crippen molar-refractivity contribution < 1.29 is 4.74 Å². The van der Waals surface area contributed by atoms with Crippen molar-refractivity contribution in [1.29, 1.82) is 0 Å². The molecule has 1 fully saturated rings. The molecule has 1 saturated heterocycles. The number of nitrogens with zero attached hydrogens (tertiary/aromatic N) is 4. The third-order valence-corrected chi connectivity index (χ3v) is 3.63. The zero-order valence-electron chi connectivity index (χ0n) is 12.1. The van der Waals surface area contributed by atoms with Gasteiger partial charge in [0, 0.05) is 30.4 Å². The minimum atomic E-state index is 0.515. The standard InChI is InChI=1S/C15H19N5O/c1-2-12-14(11-3-4-13(16)17-9-11)15(19-10-18-12)20-5-7-21-8-6-20/h3-4,9-10H,2,5-8H2,1H3,(H2,16,17). The molecule has 0 spiro atoms. The monoisotopic (exact) mass is 285 g/mol. The van der Waals surface area contributed by atoms with Gasteiger partial charge in [0.2, 0.25) is 0 Å². The maximum absolute atomic E-state index is 5.69. The van der Waals surface area contributed by atoms with Gasteiger partial charge in [0.25, 0.3) is 0 Å². The Morgan fingerprint density at radius 1 is 1.19 bits per heavy atom. The highest BCUT2D eigenvalue weighted by molar-refractivity contribution is 5.77. The Bertz CT molecular complexity index is 608. The van der Waals surface area contributed by atoms with Crippen LogP contribution in [0.15, 0.2) is 24.7 Å². The summed E-state index contributed by atoms with van der Waals surface area (Å²) in [6, 6.07) is 3.79. The van der Waals surface area contributed by atoms with E-state index in [2.05, 4.69) is 26.8 Å². The molecule has 6 nitrogen and oxygen atoms in total. The minimum Gasteiger partial charge on any atom is -0.384 e. The summed E-state index contributed by atoms with van der Waals surface area (Å²) in [6.45, 7) is 5.24. The van der Waals surface area contributed by atoms with Crippen LogP contribution >= 0.6 is 0 Å². The van der Waals surface area contributed by atoms with Crippen LogP contribution in [-0.2, 0) is 11.2 Å². The second-order valence-electron chi connectivity index (χ2n) is 4.94. The number of anilines is 2. The van der Waals surface area contributed by atoms with E-state index in [1.54, 1.807) is 12.5 Å². The lowest BCUT2D eigenvalue weighted by Gasteiger charge is -2.30. The molecule has 2 aromatic rings. The molecule has 0 unspecified atom stereocenters. The van der Waals surface area contributed by atoms with E-state index in [1.165, 1.54) is 0 Å². The molecule has 0 aromatic carbocycles. The van der Waals surface area contributed by atoms with Crippen molar-refractivity contribution >= 4 is 11.6 Å². The molecule has 0 radical (unpaired) electrons. The first-order valence-corrected chi connectivity index (χ1v) is 7.18. The fourth-order valence-electron chi connectivity index (χ4n) is 2.54. The molecular weight excluding hydrogens is 266 g/mol. The van der Waals surface area contributed by atoms with Gasteiger partial charge >= 0.3 is 0 Å². The molecular formula is C15H19N5O. The number of hydrogen-bond acceptors (Lipinski definition) is 6. The third-order valence-electron chi connectivity index (χ3n) is 3.63. The van der Waals surface area contributed by atoms with Crippen LogP contribution in [0.1, 0.15) is 12.6 Å². The lowest BCUT2D eigenvalue weighted by molar-refractivity contribution is 0.122. The smallest absolute Gasteiger partial charge is 0.140 e. The van der Waals surface area contributed by atoms with Crippen LogP contribution in [0, 0.1) is 0 Å². The lowest BCUT2D eigenvalue weighted by atomic mass is 10.0. The molecule has 0 bridgehead atoms. The molecule has 2 N–H and O–H groups in total. The van der Waals surface area contributed by atoms with Crippen molar-refractivity contribution in [2.24, 2.45) is 0 Å². The van der Waals surface area contributed by atoms with Crippen LogP contribution in [0.3, 0.4) is 0 Å². The Labute approximate surface area is 124 Å². The van der Waals surface area contributed by atoms with Gasteiger partial charge < -0.3 is 15.4 Å². The first-order valence-electron chi connectivity index (χ1n) is 7.18. The van der Waals surface area contributed by atoms with Crippen molar-refractivity contribution in [3.63, 3.8) is 0 Å². The zero-order chi connectivity index (χ0) is 14.7. The molecule has 3 rings (SSSR count). The van der Waals surface area contributed by atoms with Crippen LogP contribution in [0.4, 0.5) is 11.6 Å². The van der Waals surface area contributed by atoms with Gasteiger partial charge in [-0.25, -0.2) is 15.0 Å². The summed E-state index contributed by atoms with van der Waals surface area (Å²) in [7, 11) is 0. The fourth-order valence-corrected chi connectivity index (χ4v) is 2.54. The van der Waals surface area contributed by atoms with Crippen LogP contribution in [0.2, 0.25) is 0 Å². The Kier molecular flexibility index (Phi) is 3.96. The Hall–Kier alpha value is -2.21. The Morgan fingerprint density at radius 2 is 2.00 bits per heavy atom. The molecule has 3 heterocycles. The van der Waals surface area contributed by atoms with E-state index < -0.39 is 0 Å². The zero-order valence-corrected chi connectivity index (χ0v) is 12.1. The van der Waals surface area contributed by atoms with Crippen LogP contribution in [-0.4, -0.2) is 41.3 Å². The molecule has 1 aliphatic rings. The van der Waals surface area contributed by atoms with Gasteiger partial charge in [-0.05, 0) is 18.6 Å². The van der Waals surface area contributed by atoms with Gasteiger partial charge in [0.05, 0.1) is 18.9 Å². The number of hydrogen-bond donors (Lipinski definition) is 1.